The molecule has 1 aliphatic heterocycles. The number of hydrogen-bond donors (Lipinski definition) is 0. The van der Waals surface area contributed by atoms with Crippen LogP contribution in [-0.4, -0.2) is 18.2 Å². The maximum absolute atomic E-state index is 2.56. The van der Waals surface area contributed by atoms with Crippen molar-refractivity contribution in [2.75, 3.05) is 18.5 Å². The molecule has 0 atom stereocenters. The highest BCUT2D eigenvalue weighted by Gasteiger charge is 2.26. The van der Waals surface area contributed by atoms with E-state index < -0.39 is 0 Å². The van der Waals surface area contributed by atoms with Gasteiger partial charge in [0.25, 0.3) is 0 Å². The number of aromatic nitrogens is 1. The molecule has 2 aromatic carbocycles. The summed E-state index contributed by atoms with van der Waals surface area (Å²) in [7, 11) is 2.24. The third-order valence-electron chi connectivity index (χ3n) is 5.88. The Bertz CT molecular complexity index is 945. The van der Waals surface area contributed by atoms with E-state index in [-0.39, 0.29) is 0 Å². The molecule has 0 unspecified atom stereocenters. The molecule has 0 spiro atoms. The van der Waals surface area contributed by atoms with E-state index in [9.17, 15) is 0 Å². The molecular formula is C23H28N2. The first-order valence-corrected chi connectivity index (χ1v) is 9.52. The van der Waals surface area contributed by atoms with Crippen LogP contribution in [0.5, 0.6) is 0 Å². The van der Waals surface area contributed by atoms with Crippen molar-refractivity contribution in [3.05, 3.63) is 52.7 Å². The summed E-state index contributed by atoms with van der Waals surface area (Å²) in [5.74, 6) is 0. The highest BCUT2D eigenvalue weighted by molar-refractivity contribution is 6.06. The zero-order chi connectivity index (χ0) is 17.7. The number of aryl methyl sites for hydroxylation is 2. The minimum Gasteiger partial charge on any atom is -0.371 e. The summed E-state index contributed by atoms with van der Waals surface area (Å²) in [6.45, 7) is 11.2. The fraction of sp³-hybridized carbons (Fsp3) is 0.391. The molecule has 0 amide bonds. The van der Waals surface area contributed by atoms with Crippen LogP contribution in [0.1, 0.15) is 36.2 Å². The van der Waals surface area contributed by atoms with Gasteiger partial charge in [-0.1, -0.05) is 43.7 Å². The van der Waals surface area contributed by atoms with Crippen molar-refractivity contribution in [2.24, 2.45) is 0 Å². The molecule has 25 heavy (non-hydrogen) atoms. The lowest BCUT2D eigenvalue weighted by atomic mass is 9.89. The van der Waals surface area contributed by atoms with E-state index in [0.29, 0.717) is 0 Å². The Labute approximate surface area is 151 Å². The van der Waals surface area contributed by atoms with Crippen LogP contribution in [0.25, 0.3) is 22.0 Å². The Morgan fingerprint density at radius 3 is 2.32 bits per heavy atom. The lowest BCUT2D eigenvalue weighted by Crippen LogP contribution is -2.29. The molecule has 1 aromatic heterocycles. The van der Waals surface area contributed by atoms with E-state index in [0.717, 1.165) is 25.9 Å². The SMILES string of the molecule is CCc1c(C)c2c3c(cc(CC)n3CCN2C)c1-c1ccc(C)cc1. The normalized spacial score (nSPS) is 13.7. The summed E-state index contributed by atoms with van der Waals surface area (Å²) in [4.78, 5) is 2.45. The predicted molar refractivity (Wildman–Crippen MR) is 109 cm³/mol. The second kappa shape index (κ2) is 5.94. The molecule has 0 saturated heterocycles. The lowest BCUT2D eigenvalue weighted by Gasteiger charge is -2.31. The second-order valence-corrected chi connectivity index (χ2v) is 7.37. The minimum atomic E-state index is 1.07. The number of benzene rings is 2. The van der Waals surface area contributed by atoms with Crippen LogP contribution in [-0.2, 0) is 19.4 Å². The van der Waals surface area contributed by atoms with E-state index in [2.05, 4.69) is 74.5 Å². The van der Waals surface area contributed by atoms with Gasteiger partial charge in [0.05, 0.1) is 11.2 Å². The zero-order valence-corrected chi connectivity index (χ0v) is 16.1. The Morgan fingerprint density at radius 1 is 0.960 bits per heavy atom. The van der Waals surface area contributed by atoms with Gasteiger partial charge < -0.3 is 9.47 Å². The molecule has 130 valence electrons. The second-order valence-electron chi connectivity index (χ2n) is 7.37. The molecule has 0 aliphatic carbocycles. The molecule has 0 N–H and O–H groups in total. The fourth-order valence-corrected chi connectivity index (χ4v) is 4.59. The van der Waals surface area contributed by atoms with Crippen LogP contribution in [0.3, 0.4) is 0 Å². The molecule has 0 radical (unpaired) electrons. The summed E-state index contributed by atoms with van der Waals surface area (Å²) >= 11 is 0. The first-order chi connectivity index (χ1) is 12.1. The van der Waals surface area contributed by atoms with Crippen molar-refractivity contribution in [3.63, 3.8) is 0 Å². The highest BCUT2D eigenvalue weighted by Crippen LogP contribution is 2.44. The third-order valence-corrected chi connectivity index (χ3v) is 5.88. The van der Waals surface area contributed by atoms with E-state index in [1.54, 1.807) is 0 Å². The third kappa shape index (κ3) is 2.31. The quantitative estimate of drug-likeness (QED) is 0.615. The average Bonchev–Trinajstić information content (AvgIpc) is 2.98. The predicted octanol–water partition coefficient (Wildman–Crippen LogP) is 5.50. The highest BCUT2D eigenvalue weighted by atomic mass is 15.2. The van der Waals surface area contributed by atoms with Crippen molar-refractivity contribution >= 4 is 16.6 Å². The Kier molecular flexibility index (Phi) is 3.87. The van der Waals surface area contributed by atoms with Gasteiger partial charge in [-0.15, -0.1) is 0 Å². The average molecular weight is 332 g/mol. The molecule has 0 fully saturated rings. The first kappa shape index (κ1) is 16.3. The Hall–Kier alpha value is -2.22. The number of hydrogen-bond acceptors (Lipinski definition) is 1. The van der Waals surface area contributed by atoms with Crippen LogP contribution in [0, 0.1) is 13.8 Å². The number of anilines is 1. The summed E-state index contributed by atoms with van der Waals surface area (Å²) in [6, 6.07) is 11.5. The van der Waals surface area contributed by atoms with Crippen molar-refractivity contribution in [1.82, 2.24) is 4.57 Å². The molecule has 2 nitrogen and oxygen atoms in total. The number of likely N-dealkylation sites (N-methyl/N-ethyl adjacent to an activating group) is 1. The van der Waals surface area contributed by atoms with E-state index in [1.165, 1.54) is 50.1 Å². The van der Waals surface area contributed by atoms with E-state index in [4.69, 9.17) is 0 Å². The standard InChI is InChI=1S/C23H28N2/c1-6-18-14-20-21(17-10-8-15(3)9-11-17)19(7-2)16(4)22-23(20)25(18)13-12-24(22)5/h8-11,14H,6-7,12-13H2,1-5H3. The van der Waals surface area contributed by atoms with Gasteiger partial charge in [0, 0.05) is 31.2 Å². The monoisotopic (exact) mass is 332 g/mol. The van der Waals surface area contributed by atoms with Crippen LogP contribution >= 0.6 is 0 Å². The van der Waals surface area contributed by atoms with Gasteiger partial charge >= 0.3 is 0 Å². The molecule has 2 heteroatoms. The molecule has 4 rings (SSSR count). The van der Waals surface area contributed by atoms with Crippen LogP contribution < -0.4 is 4.90 Å². The Morgan fingerprint density at radius 2 is 1.68 bits per heavy atom. The number of rotatable bonds is 3. The van der Waals surface area contributed by atoms with Crippen LogP contribution in [0.4, 0.5) is 5.69 Å². The lowest BCUT2D eigenvalue weighted by molar-refractivity contribution is 0.657. The largest absolute Gasteiger partial charge is 0.371 e. The molecule has 3 aromatic rings. The van der Waals surface area contributed by atoms with Gasteiger partial charge in [-0.05, 0) is 55.0 Å². The number of nitrogens with zero attached hydrogens (tertiary/aromatic N) is 2. The molecule has 1 aliphatic rings. The van der Waals surface area contributed by atoms with Gasteiger partial charge in [0.2, 0.25) is 0 Å². The maximum atomic E-state index is 2.56. The van der Waals surface area contributed by atoms with Gasteiger partial charge in [-0.2, -0.15) is 0 Å². The van der Waals surface area contributed by atoms with Crippen LogP contribution in [0.2, 0.25) is 0 Å². The van der Waals surface area contributed by atoms with Crippen molar-refractivity contribution < 1.29 is 0 Å². The first-order valence-electron chi connectivity index (χ1n) is 9.52. The van der Waals surface area contributed by atoms with Gasteiger partial charge in [-0.25, -0.2) is 0 Å². The topological polar surface area (TPSA) is 8.17 Å². The smallest absolute Gasteiger partial charge is 0.0730 e. The van der Waals surface area contributed by atoms with E-state index in [1.807, 2.05) is 0 Å². The van der Waals surface area contributed by atoms with Crippen molar-refractivity contribution in [1.29, 1.82) is 0 Å². The van der Waals surface area contributed by atoms with Gasteiger partial charge in [0.1, 0.15) is 0 Å². The van der Waals surface area contributed by atoms with Gasteiger partial charge in [0.15, 0.2) is 0 Å². The summed E-state index contributed by atoms with van der Waals surface area (Å²) < 4.78 is 2.56. The fourth-order valence-electron chi connectivity index (χ4n) is 4.59. The summed E-state index contributed by atoms with van der Waals surface area (Å²) in [6.07, 6.45) is 2.16. The van der Waals surface area contributed by atoms with Crippen LogP contribution in [0.15, 0.2) is 30.3 Å². The minimum absolute atomic E-state index is 1.07. The zero-order valence-electron chi connectivity index (χ0n) is 16.1. The molecular weight excluding hydrogens is 304 g/mol. The summed E-state index contributed by atoms with van der Waals surface area (Å²) in [5, 5.41) is 1.43. The van der Waals surface area contributed by atoms with Gasteiger partial charge in [-0.3, -0.25) is 0 Å². The Balaban J connectivity index is 2.16. The van der Waals surface area contributed by atoms with Crippen molar-refractivity contribution in [2.45, 2.75) is 47.1 Å². The molecule has 2 heterocycles. The molecule has 0 saturated carbocycles. The molecule has 0 bridgehead atoms. The maximum Gasteiger partial charge on any atom is 0.0730 e. The van der Waals surface area contributed by atoms with E-state index >= 15 is 0 Å². The van der Waals surface area contributed by atoms with Crippen molar-refractivity contribution in [3.8, 4) is 11.1 Å². The summed E-state index contributed by atoms with van der Waals surface area (Å²) in [5.41, 5.74) is 11.4.